The zero-order valence-corrected chi connectivity index (χ0v) is 11.7. The molecule has 0 bridgehead atoms. The molecule has 1 aliphatic heterocycles. The molecule has 0 radical (unpaired) electrons. The van der Waals surface area contributed by atoms with E-state index in [0.29, 0.717) is 6.54 Å². The molecule has 0 aliphatic carbocycles. The van der Waals surface area contributed by atoms with Crippen LogP contribution >= 0.6 is 0 Å². The van der Waals surface area contributed by atoms with Gasteiger partial charge >= 0.3 is 0 Å². The fourth-order valence-corrected chi connectivity index (χ4v) is 3.04. The fraction of sp³-hybridized carbons (Fsp3) is 0.111. The van der Waals surface area contributed by atoms with Crippen LogP contribution in [0.15, 0.2) is 54.7 Å². The van der Waals surface area contributed by atoms with E-state index in [1.54, 1.807) is 6.20 Å². The number of aromatic nitrogens is 1. The first-order chi connectivity index (χ1) is 10.3. The molecule has 2 heterocycles. The summed E-state index contributed by atoms with van der Waals surface area (Å²) in [5.41, 5.74) is 4.72. The molecule has 0 saturated carbocycles. The van der Waals surface area contributed by atoms with Crippen molar-refractivity contribution >= 4 is 22.5 Å². The normalized spacial score (nSPS) is 13.8. The SMILES string of the molecule is Cc1cccc2c1C(=O)N(c1cccc3cccnc13)C2. The van der Waals surface area contributed by atoms with Gasteiger partial charge in [-0.15, -0.1) is 0 Å². The van der Waals surface area contributed by atoms with E-state index in [1.807, 2.05) is 60.4 Å². The van der Waals surface area contributed by atoms with Crippen molar-refractivity contribution in [2.24, 2.45) is 0 Å². The number of nitrogens with zero attached hydrogens (tertiary/aromatic N) is 2. The number of hydrogen-bond donors (Lipinski definition) is 0. The van der Waals surface area contributed by atoms with Crippen LogP contribution in [0.25, 0.3) is 10.9 Å². The smallest absolute Gasteiger partial charge is 0.259 e. The molecule has 1 aliphatic rings. The summed E-state index contributed by atoms with van der Waals surface area (Å²) in [4.78, 5) is 19.0. The second-order valence-corrected chi connectivity index (χ2v) is 5.35. The van der Waals surface area contributed by atoms with Crippen LogP contribution in [0.1, 0.15) is 21.5 Å². The summed E-state index contributed by atoms with van der Waals surface area (Å²) in [6.45, 7) is 2.60. The number of carbonyl (C=O) groups is 1. The van der Waals surface area contributed by atoms with Crippen LogP contribution in [0.2, 0.25) is 0 Å². The maximum Gasteiger partial charge on any atom is 0.259 e. The predicted octanol–water partition coefficient (Wildman–Crippen LogP) is 3.70. The molecule has 0 spiro atoms. The number of pyridine rings is 1. The molecular formula is C18H14N2O. The Hall–Kier alpha value is -2.68. The second-order valence-electron chi connectivity index (χ2n) is 5.35. The molecule has 21 heavy (non-hydrogen) atoms. The van der Waals surface area contributed by atoms with Gasteiger partial charge in [-0.2, -0.15) is 0 Å². The first kappa shape index (κ1) is 12.1. The van der Waals surface area contributed by atoms with Gasteiger partial charge in [0.05, 0.1) is 17.7 Å². The molecule has 102 valence electrons. The van der Waals surface area contributed by atoms with Gasteiger partial charge in [0.15, 0.2) is 0 Å². The van der Waals surface area contributed by atoms with Crippen LogP contribution in [0, 0.1) is 6.92 Å². The number of fused-ring (bicyclic) bond motifs is 2. The fourth-order valence-electron chi connectivity index (χ4n) is 3.04. The molecule has 0 unspecified atom stereocenters. The van der Waals surface area contributed by atoms with Crippen LogP contribution < -0.4 is 4.90 Å². The van der Waals surface area contributed by atoms with E-state index in [2.05, 4.69) is 4.98 Å². The van der Waals surface area contributed by atoms with Gasteiger partial charge in [0.25, 0.3) is 5.91 Å². The van der Waals surface area contributed by atoms with Gasteiger partial charge in [-0.3, -0.25) is 9.78 Å². The molecular weight excluding hydrogens is 260 g/mol. The van der Waals surface area contributed by atoms with Crippen LogP contribution in [-0.2, 0) is 6.54 Å². The van der Waals surface area contributed by atoms with E-state index in [4.69, 9.17) is 0 Å². The maximum atomic E-state index is 12.8. The summed E-state index contributed by atoms with van der Waals surface area (Å²) in [6.07, 6.45) is 1.77. The van der Waals surface area contributed by atoms with Crippen molar-refractivity contribution < 1.29 is 4.79 Å². The molecule has 0 N–H and O–H groups in total. The summed E-state index contributed by atoms with van der Waals surface area (Å²) in [6, 6.07) is 15.9. The number of para-hydroxylation sites is 1. The van der Waals surface area contributed by atoms with Gasteiger partial charge in [-0.05, 0) is 30.2 Å². The lowest BCUT2D eigenvalue weighted by Crippen LogP contribution is -2.23. The highest BCUT2D eigenvalue weighted by molar-refractivity contribution is 6.13. The summed E-state index contributed by atoms with van der Waals surface area (Å²) in [5.74, 6) is 0.0706. The molecule has 1 amide bonds. The highest BCUT2D eigenvalue weighted by atomic mass is 16.2. The Balaban J connectivity index is 1.89. The van der Waals surface area contributed by atoms with Gasteiger partial charge < -0.3 is 4.90 Å². The Kier molecular flexibility index (Phi) is 2.54. The van der Waals surface area contributed by atoms with E-state index < -0.39 is 0 Å². The lowest BCUT2D eigenvalue weighted by molar-refractivity contribution is 0.0996. The monoisotopic (exact) mass is 274 g/mol. The van der Waals surface area contributed by atoms with Crippen molar-refractivity contribution in [3.05, 3.63) is 71.4 Å². The summed E-state index contributed by atoms with van der Waals surface area (Å²) in [7, 11) is 0. The topological polar surface area (TPSA) is 33.2 Å². The first-order valence-electron chi connectivity index (χ1n) is 7.00. The van der Waals surface area contributed by atoms with Crippen molar-refractivity contribution in [2.45, 2.75) is 13.5 Å². The minimum absolute atomic E-state index is 0.0706. The Morgan fingerprint density at radius 2 is 1.86 bits per heavy atom. The Morgan fingerprint density at radius 3 is 2.71 bits per heavy atom. The number of rotatable bonds is 1. The minimum Gasteiger partial charge on any atom is -0.302 e. The molecule has 1 aromatic heterocycles. The lowest BCUT2D eigenvalue weighted by atomic mass is 10.0. The average molecular weight is 274 g/mol. The number of carbonyl (C=O) groups excluding carboxylic acids is 1. The van der Waals surface area contributed by atoms with E-state index in [0.717, 1.165) is 33.3 Å². The van der Waals surface area contributed by atoms with E-state index in [1.165, 1.54) is 0 Å². The van der Waals surface area contributed by atoms with Gasteiger partial charge in [-0.1, -0.05) is 36.4 Å². The van der Waals surface area contributed by atoms with Crippen molar-refractivity contribution in [2.75, 3.05) is 4.90 Å². The van der Waals surface area contributed by atoms with Crippen LogP contribution in [0.4, 0.5) is 5.69 Å². The molecule has 3 heteroatoms. The lowest BCUT2D eigenvalue weighted by Gasteiger charge is -2.17. The van der Waals surface area contributed by atoms with Crippen molar-refractivity contribution in [1.82, 2.24) is 4.98 Å². The Labute approximate surface area is 122 Å². The zero-order valence-electron chi connectivity index (χ0n) is 11.7. The predicted molar refractivity (Wildman–Crippen MR) is 83.4 cm³/mol. The van der Waals surface area contributed by atoms with Gasteiger partial charge in [0.1, 0.15) is 0 Å². The Morgan fingerprint density at radius 1 is 1.05 bits per heavy atom. The number of anilines is 1. The third-order valence-electron chi connectivity index (χ3n) is 4.05. The van der Waals surface area contributed by atoms with Crippen molar-refractivity contribution in [3.63, 3.8) is 0 Å². The van der Waals surface area contributed by atoms with Crippen LogP contribution in [0.3, 0.4) is 0 Å². The van der Waals surface area contributed by atoms with Gasteiger partial charge in [0, 0.05) is 17.1 Å². The van der Waals surface area contributed by atoms with E-state index in [-0.39, 0.29) is 5.91 Å². The summed E-state index contributed by atoms with van der Waals surface area (Å²) in [5, 5.41) is 1.05. The van der Waals surface area contributed by atoms with Crippen LogP contribution in [-0.4, -0.2) is 10.9 Å². The van der Waals surface area contributed by atoms with E-state index >= 15 is 0 Å². The molecule has 4 rings (SSSR count). The van der Waals surface area contributed by atoms with Gasteiger partial charge in [-0.25, -0.2) is 0 Å². The average Bonchev–Trinajstić information content (AvgIpc) is 2.85. The molecule has 2 aromatic carbocycles. The van der Waals surface area contributed by atoms with Crippen LogP contribution in [0.5, 0.6) is 0 Å². The largest absolute Gasteiger partial charge is 0.302 e. The number of amides is 1. The highest BCUT2D eigenvalue weighted by Crippen LogP contribution is 2.33. The molecule has 0 fully saturated rings. The van der Waals surface area contributed by atoms with Crippen molar-refractivity contribution in [1.29, 1.82) is 0 Å². The molecule has 0 saturated heterocycles. The number of hydrogen-bond acceptors (Lipinski definition) is 2. The quantitative estimate of drug-likeness (QED) is 0.678. The number of aryl methyl sites for hydroxylation is 1. The standard InChI is InChI=1S/C18H14N2O/c1-12-5-2-7-14-11-20(18(21)16(12)14)15-9-3-6-13-8-4-10-19-17(13)15/h2-10H,11H2,1H3. The third-order valence-corrected chi connectivity index (χ3v) is 4.05. The molecule has 0 atom stereocenters. The maximum absolute atomic E-state index is 12.8. The highest BCUT2D eigenvalue weighted by Gasteiger charge is 2.30. The zero-order chi connectivity index (χ0) is 14.4. The summed E-state index contributed by atoms with van der Waals surface area (Å²) < 4.78 is 0. The first-order valence-corrected chi connectivity index (χ1v) is 7.00. The van der Waals surface area contributed by atoms with Crippen molar-refractivity contribution in [3.8, 4) is 0 Å². The van der Waals surface area contributed by atoms with Gasteiger partial charge in [0.2, 0.25) is 0 Å². The molecule has 3 nitrogen and oxygen atoms in total. The number of benzene rings is 2. The summed E-state index contributed by atoms with van der Waals surface area (Å²) >= 11 is 0. The third kappa shape index (κ3) is 1.74. The van der Waals surface area contributed by atoms with E-state index in [9.17, 15) is 4.79 Å². The molecule has 3 aromatic rings. The minimum atomic E-state index is 0.0706. The second kappa shape index (κ2) is 4.42. The Bertz CT molecular complexity index is 865.